The van der Waals surface area contributed by atoms with Gasteiger partial charge in [0.05, 0.1) is 18.8 Å². The van der Waals surface area contributed by atoms with Crippen molar-refractivity contribution >= 4 is 6.29 Å². The number of hydrogen-bond acceptors (Lipinski definition) is 4. The van der Waals surface area contributed by atoms with Gasteiger partial charge in [0.15, 0.2) is 0 Å². The molecule has 1 fully saturated rings. The maximum Gasteiger partial charge on any atom is 0.139 e. The number of ether oxygens (including phenoxy) is 1. The highest BCUT2D eigenvalue weighted by Gasteiger charge is 2.19. The first-order valence-corrected chi connectivity index (χ1v) is 3.38. The molecule has 58 valence electrons. The number of carbonyl (C=O) groups excluding carboxylic acids is 1. The summed E-state index contributed by atoms with van der Waals surface area (Å²) in [5.74, 6) is 0. The molecular weight excluding hydrogens is 132 g/mol. The molecule has 0 bridgehead atoms. The third-order valence-corrected chi connectivity index (χ3v) is 1.54. The van der Waals surface area contributed by atoms with Crippen molar-refractivity contribution in [3.8, 4) is 0 Å². The zero-order valence-electron chi connectivity index (χ0n) is 5.75. The monoisotopic (exact) mass is 144 g/mol. The third kappa shape index (κ3) is 1.76. The minimum atomic E-state index is -0.479. The molecule has 0 radical (unpaired) electrons. The lowest BCUT2D eigenvalue weighted by Crippen LogP contribution is -2.49. The Bertz CT molecular complexity index is 112. The van der Waals surface area contributed by atoms with Crippen LogP contribution in [0.15, 0.2) is 0 Å². The van der Waals surface area contributed by atoms with Crippen molar-refractivity contribution in [1.29, 1.82) is 0 Å². The van der Waals surface area contributed by atoms with Gasteiger partial charge in [-0.25, -0.2) is 0 Å². The van der Waals surface area contributed by atoms with Gasteiger partial charge >= 0.3 is 0 Å². The molecule has 0 aliphatic carbocycles. The van der Waals surface area contributed by atoms with Crippen LogP contribution in [0.4, 0.5) is 0 Å². The smallest absolute Gasteiger partial charge is 0.139 e. The van der Waals surface area contributed by atoms with E-state index in [4.69, 9.17) is 10.5 Å². The van der Waals surface area contributed by atoms with Crippen LogP contribution in [-0.2, 0) is 9.53 Å². The molecule has 2 unspecified atom stereocenters. The van der Waals surface area contributed by atoms with E-state index in [0.717, 1.165) is 12.8 Å². The second-order valence-corrected chi connectivity index (χ2v) is 2.33. The summed E-state index contributed by atoms with van der Waals surface area (Å²) in [4.78, 5) is 10.2. The molecule has 1 rings (SSSR count). The van der Waals surface area contributed by atoms with Crippen LogP contribution < -0.4 is 11.1 Å². The fourth-order valence-corrected chi connectivity index (χ4v) is 0.921. The molecule has 1 aliphatic heterocycles. The third-order valence-electron chi connectivity index (χ3n) is 1.54. The lowest BCUT2D eigenvalue weighted by atomic mass is 10.2. The summed E-state index contributed by atoms with van der Waals surface area (Å²) >= 11 is 0. The molecular formula is C6H12N2O2. The normalized spacial score (nSPS) is 29.5. The van der Waals surface area contributed by atoms with Gasteiger partial charge in [0.2, 0.25) is 0 Å². The van der Waals surface area contributed by atoms with Crippen LogP contribution in [0.5, 0.6) is 0 Å². The molecule has 0 aromatic heterocycles. The van der Waals surface area contributed by atoms with Crippen LogP contribution >= 0.6 is 0 Å². The Hall–Kier alpha value is -0.450. The summed E-state index contributed by atoms with van der Waals surface area (Å²) in [6, 6.07) is -0.479. The second-order valence-electron chi connectivity index (χ2n) is 2.33. The Morgan fingerprint density at radius 3 is 3.10 bits per heavy atom. The Balaban J connectivity index is 2.30. The molecule has 1 saturated heterocycles. The number of carbonyl (C=O) groups is 1. The van der Waals surface area contributed by atoms with Crippen LogP contribution in [0.2, 0.25) is 0 Å². The fraction of sp³-hybridized carbons (Fsp3) is 0.833. The minimum Gasteiger partial charge on any atom is -0.373 e. The molecule has 0 aromatic carbocycles. The molecule has 3 N–H and O–H groups in total. The van der Waals surface area contributed by atoms with Gasteiger partial charge in [0.1, 0.15) is 6.29 Å². The van der Waals surface area contributed by atoms with Crippen molar-refractivity contribution in [3.05, 3.63) is 0 Å². The maximum atomic E-state index is 10.2. The maximum absolute atomic E-state index is 10.2. The van der Waals surface area contributed by atoms with Gasteiger partial charge in [-0.15, -0.1) is 0 Å². The average Bonchev–Trinajstić information content (AvgIpc) is 2.05. The fourth-order valence-electron chi connectivity index (χ4n) is 0.921. The highest BCUT2D eigenvalue weighted by atomic mass is 16.5. The molecule has 0 amide bonds. The van der Waals surface area contributed by atoms with Crippen LogP contribution in [0.25, 0.3) is 0 Å². The van der Waals surface area contributed by atoms with Crippen molar-refractivity contribution in [3.63, 3.8) is 0 Å². The van der Waals surface area contributed by atoms with E-state index in [-0.39, 0.29) is 6.10 Å². The molecule has 1 aliphatic rings. The Morgan fingerprint density at radius 2 is 2.60 bits per heavy atom. The SMILES string of the molecule is NC(C=O)C1CNCCO1. The van der Waals surface area contributed by atoms with Crippen molar-refractivity contribution in [2.45, 2.75) is 12.1 Å². The molecule has 0 spiro atoms. The zero-order valence-corrected chi connectivity index (χ0v) is 5.75. The van der Waals surface area contributed by atoms with Crippen molar-refractivity contribution < 1.29 is 9.53 Å². The van der Waals surface area contributed by atoms with Gasteiger partial charge in [-0.3, -0.25) is 0 Å². The van der Waals surface area contributed by atoms with E-state index in [1.165, 1.54) is 0 Å². The predicted octanol–water partition coefficient (Wildman–Crippen LogP) is -1.50. The van der Waals surface area contributed by atoms with Gasteiger partial charge in [-0.1, -0.05) is 0 Å². The number of rotatable bonds is 2. The van der Waals surface area contributed by atoms with E-state index in [9.17, 15) is 4.79 Å². The van der Waals surface area contributed by atoms with Crippen molar-refractivity contribution in [2.24, 2.45) is 5.73 Å². The van der Waals surface area contributed by atoms with E-state index in [1.807, 2.05) is 0 Å². The molecule has 4 nitrogen and oxygen atoms in total. The van der Waals surface area contributed by atoms with E-state index < -0.39 is 6.04 Å². The summed E-state index contributed by atoms with van der Waals surface area (Å²) in [5.41, 5.74) is 5.41. The first-order chi connectivity index (χ1) is 4.84. The Morgan fingerprint density at radius 1 is 1.80 bits per heavy atom. The topological polar surface area (TPSA) is 64.4 Å². The quantitative estimate of drug-likeness (QED) is 0.463. The minimum absolute atomic E-state index is 0.133. The first kappa shape index (κ1) is 7.65. The number of aldehydes is 1. The largest absolute Gasteiger partial charge is 0.373 e. The Labute approximate surface area is 59.7 Å². The molecule has 1 heterocycles. The summed E-state index contributed by atoms with van der Waals surface area (Å²) in [7, 11) is 0. The van der Waals surface area contributed by atoms with Crippen LogP contribution in [0.3, 0.4) is 0 Å². The zero-order chi connectivity index (χ0) is 7.40. The van der Waals surface area contributed by atoms with Crippen molar-refractivity contribution in [2.75, 3.05) is 19.7 Å². The second kappa shape index (κ2) is 3.65. The average molecular weight is 144 g/mol. The van der Waals surface area contributed by atoms with E-state index in [0.29, 0.717) is 13.2 Å². The van der Waals surface area contributed by atoms with Crippen LogP contribution in [0, 0.1) is 0 Å². The van der Waals surface area contributed by atoms with Gasteiger partial charge in [0.25, 0.3) is 0 Å². The Kier molecular flexibility index (Phi) is 2.80. The first-order valence-electron chi connectivity index (χ1n) is 3.38. The van der Waals surface area contributed by atoms with Gasteiger partial charge in [-0.05, 0) is 0 Å². The summed E-state index contributed by atoms with van der Waals surface area (Å²) in [6.07, 6.45) is 0.587. The number of morpholine rings is 1. The molecule has 4 heteroatoms. The lowest BCUT2D eigenvalue weighted by molar-refractivity contribution is -0.112. The van der Waals surface area contributed by atoms with E-state index in [1.54, 1.807) is 0 Å². The number of nitrogens with two attached hydrogens (primary N) is 1. The van der Waals surface area contributed by atoms with Gasteiger partial charge < -0.3 is 20.6 Å². The van der Waals surface area contributed by atoms with E-state index >= 15 is 0 Å². The highest BCUT2D eigenvalue weighted by molar-refractivity contribution is 5.58. The standard InChI is InChI=1S/C6H12N2O2/c7-5(4-9)6-3-8-1-2-10-6/h4-6,8H,1-3,7H2. The van der Waals surface area contributed by atoms with Crippen LogP contribution in [0.1, 0.15) is 0 Å². The summed E-state index contributed by atoms with van der Waals surface area (Å²) in [5, 5.41) is 3.09. The predicted molar refractivity (Wildman–Crippen MR) is 36.6 cm³/mol. The lowest BCUT2D eigenvalue weighted by Gasteiger charge is -2.25. The van der Waals surface area contributed by atoms with Crippen molar-refractivity contribution in [1.82, 2.24) is 5.32 Å². The summed E-state index contributed by atoms with van der Waals surface area (Å²) in [6.45, 7) is 2.17. The molecule has 0 saturated carbocycles. The van der Waals surface area contributed by atoms with Gasteiger partial charge in [0, 0.05) is 13.1 Å². The highest BCUT2D eigenvalue weighted by Crippen LogP contribution is 1.97. The van der Waals surface area contributed by atoms with E-state index in [2.05, 4.69) is 5.32 Å². The molecule has 0 aromatic rings. The van der Waals surface area contributed by atoms with Gasteiger partial charge in [-0.2, -0.15) is 0 Å². The number of nitrogens with one attached hydrogen (secondary N) is 1. The number of hydrogen-bond donors (Lipinski definition) is 2. The van der Waals surface area contributed by atoms with Crippen LogP contribution in [-0.4, -0.2) is 38.1 Å². The summed E-state index contributed by atoms with van der Waals surface area (Å²) < 4.78 is 5.21. The molecule has 2 atom stereocenters. The molecule has 10 heavy (non-hydrogen) atoms.